The molecule has 3 aromatic rings. The van der Waals surface area contributed by atoms with Gasteiger partial charge in [-0.25, -0.2) is 4.98 Å². The maximum Gasteiger partial charge on any atom is 0.416 e. The fourth-order valence-electron chi connectivity index (χ4n) is 2.79. The lowest BCUT2D eigenvalue weighted by atomic mass is 10.1. The highest BCUT2D eigenvalue weighted by molar-refractivity contribution is 9.09. The van der Waals surface area contributed by atoms with Crippen molar-refractivity contribution in [2.24, 2.45) is 0 Å². The number of benzene rings is 2. The van der Waals surface area contributed by atoms with Crippen LogP contribution >= 0.6 is 27.3 Å². The Morgan fingerprint density at radius 2 is 1.94 bits per heavy atom. The molecule has 0 unspecified atom stereocenters. The number of hydrogen-bond donors (Lipinski definition) is 0. The van der Waals surface area contributed by atoms with E-state index in [9.17, 15) is 28.1 Å². The molecule has 0 N–H and O–H groups in total. The zero-order valence-electron chi connectivity index (χ0n) is 15.8. The van der Waals surface area contributed by atoms with Crippen LogP contribution in [0.1, 0.15) is 18.4 Å². The Kier molecular flexibility index (Phi) is 7.06. The second kappa shape index (κ2) is 9.56. The maximum absolute atomic E-state index is 13.2. The summed E-state index contributed by atoms with van der Waals surface area (Å²) < 4.78 is 39.6. The number of halogens is 4. The van der Waals surface area contributed by atoms with E-state index in [-0.39, 0.29) is 22.9 Å². The minimum Gasteiger partial charge on any atom is -0.274 e. The first kappa shape index (κ1) is 22.9. The van der Waals surface area contributed by atoms with Gasteiger partial charge in [0.1, 0.15) is 0 Å². The number of carbonyl (C=O) groups excluding carboxylic acids is 1. The summed E-state index contributed by atoms with van der Waals surface area (Å²) in [6, 6.07) is 10.3. The summed E-state index contributed by atoms with van der Waals surface area (Å²) in [6.07, 6.45) is -3.96. The molecule has 0 aliphatic rings. The van der Waals surface area contributed by atoms with Gasteiger partial charge in [-0.2, -0.15) is 13.2 Å². The maximum atomic E-state index is 13.2. The number of anilines is 2. The summed E-state index contributed by atoms with van der Waals surface area (Å²) in [4.78, 5) is 28.9. The first-order chi connectivity index (χ1) is 14.7. The molecule has 11 heteroatoms. The van der Waals surface area contributed by atoms with Gasteiger partial charge >= 0.3 is 6.18 Å². The number of aromatic nitrogens is 1. The fourth-order valence-corrected chi connectivity index (χ4v) is 3.94. The van der Waals surface area contributed by atoms with E-state index in [2.05, 4.69) is 20.9 Å². The summed E-state index contributed by atoms with van der Waals surface area (Å²) in [7, 11) is 0. The standard InChI is InChI=1S/C20H15BrF3N3O3S/c21-9-3-8-18(28)26(15-6-2-5-14(11-15)20(22,23)24)19-25-17(12-31-19)13-4-1-7-16(10-13)27(29)30/h1-2,4-7,10-12H,3,8-9H2. The minimum absolute atomic E-state index is 0.0503. The molecule has 1 heterocycles. The number of carbonyl (C=O) groups is 1. The molecule has 0 saturated heterocycles. The van der Waals surface area contributed by atoms with E-state index in [1.54, 1.807) is 11.4 Å². The Labute approximate surface area is 187 Å². The van der Waals surface area contributed by atoms with Gasteiger partial charge in [0, 0.05) is 34.8 Å². The zero-order chi connectivity index (χ0) is 22.6. The van der Waals surface area contributed by atoms with Gasteiger partial charge in [0.05, 0.1) is 21.9 Å². The highest BCUT2D eigenvalue weighted by Gasteiger charge is 2.32. The van der Waals surface area contributed by atoms with Gasteiger partial charge in [0.25, 0.3) is 5.69 Å². The lowest BCUT2D eigenvalue weighted by molar-refractivity contribution is -0.384. The van der Waals surface area contributed by atoms with Crippen molar-refractivity contribution < 1.29 is 22.9 Å². The van der Waals surface area contributed by atoms with Crippen molar-refractivity contribution in [1.29, 1.82) is 0 Å². The molecule has 2 aromatic carbocycles. The van der Waals surface area contributed by atoms with Crippen LogP contribution in [0.2, 0.25) is 0 Å². The van der Waals surface area contributed by atoms with Crippen LogP contribution in [-0.2, 0) is 11.0 Å². The van der Waals surface area contributed by atoms with Crippen LogP contribution in [0, 0.1) is 10.1 Å². The molecule has 1 amide bonds. The van der Waals surface area contributed by atoms with Gasteiger partial charge < -0.3 is 0 Å². The van der Waals surface area contributed by atoms with Crippen LogP contribution < -0.4 is 4.90 Å². The summed E-state index contributed by atoms with van der Waals surface area (Å²) in [5, 5.41) is 13.4. The van der Waals surface area contributed by atoms with Crippen LogP contribution in [0.4, 0.5) is 29.7 Å². The Morgan fingerprint density at radius 1 is 1.19 bits per heavy atom. The number of rotatable bonds is 7. The largest absolute Gasteiger partial charge is 0.416 e. The van der Waals surface area contributed by atoms with Crippen LogP contribution in [-0.4, -0.2) is 21.1 Å². The molecule has 0 aliphatic heterocycles. The second-order valence-electron chi connectivity index (χ2n) is 6.39. The van der Waals surface area contributed by atoms with E-state index in [1.807, 2.05) is 0 Å². The van der Waals surface area contributed by atoms with E-state index >= 15 is 0 Å². The first-order valence-electron chi connectivity index (χ1n) is 8.97. The van der Waals surface area contributed by atoms with Gasteiger partial charge in [-0.3, -0.25) is 19.8 Å². The van der Waals surface area contributed by atoms with Crippen LogP contribution in [0.3, 0.4) is 0 Å². The van der Waals surface area contributed by atoms with Gasteiger partial charge in [0.2, 0.25) is 5.91 Å². The second-order valence-corrected chi connectivity index (χ2v) is 8.02. The molecule has 1 aromatic heterocycles. The molecule has 0 radical (unpaired) electrons. The number of amides is 1. The fraction of sp³-hybridized carbons (Fsp3) is 0.200. The van der Waals surface area contributed by atoms with Crippen LogP contribution in [0.15, 0.2) is 53.9 Å². The summed E-state index contributed by atoms with van der Waals surface area (Å²) in [5.74, 6) is -0.404. The summed E-state index contributed by atoms with van der Waals surface area (Å²) >= 11 is 4.31. The molecule has 6 nitrogen and oxygen atoms in total. The third kappa shape index (κ3) is 5.47. The molecule has 162 valence electrons. The number of thiazole rings is 1. The molecular weight excluding hydrogens is 499 g/mol. The van der Waals surface area contributed by atoms with Crippen molar-refractivity contribution in [3.63, 3.8) is 0 Å². The van der Waals surface area contributed by atoms with Gasteiger partial charge in [-0.15, -0.1) is 11.3 Å². The molecule has 0 atom stereocenters. The third-order valence-electron chi connectivity index (χ3n) is 4.24. The first-order valence-corrected chi connectivity index (χ1v) is 11.0. The molecule has 0 fully saturated rings. The van der Waals surface area contributed by atoms with Gasteiger partial charge in [0.15, 0.2) is 5.13 Å². The van der Waals surface area contributed by atoms with E-state index in [0.717, 1.165) is 28.4 Å². The number of nitrogens with zero attached hydrogens (tertiary/aromatic N) is 3. The predicted octanol–water partition coefficient (Wildman–Crippen LogP) is 6.58. The number of non-ortho nitro benzene ring substituents is 1. The van der Waals surface area contributed by atoms with Gasteiger partial charge in [-0.1, -0.05) is 34.1 Å². The summed E-state index contributed by atoms with van der Waals surface area (Å²) in [5.41, 5.74) is -0.0918. The SMILES string of the molecule is O=C(CCCBr)N(c1cccc(C(F)(F)F)c1)c1nc(-c2cccc([N+](=O)[O-])c2)cs1. The molecule has 3 rings (SSSR count). The molecule has 0 aliphatic carbocycles. The molecule has 0 spiro atoms. The monoisotopic (exact) mass is 513 g/mol. The highest BCUT2D eigenvalue weighted by Crippen LogP contribution is 2.37. The Balaban J connectivity index is 2.03. The smallest absolute Gasteiger partial charge is 0.274 e. The topological polar surface area (TPSA) is 76.3 Å². The van der Waals surface area contributed by atoms with E-state index < -0.39 is 22.6 Å². The van der Waals surface area contributed by atoms with Crippen molar-refractivity contribution in [2.45, 2.75) is 19.0 Å². The van der Waals surface area contributed by atoms with Crippen LogP contribution in [0.25, 0.3) is 11.3 Å². The van der Waals surface area contributed by atoms with Crippen molar-refractivity contribution in [1.82, 2.24) is 4.98 Å². The number of nitro groups is 1. The Bertz CT molecular complexity index is 1100. The average molecular weight is 514 g/mol. The van der Waals surface area contributed by atoms with Crippen molar-refractivity contribution in [2.75, 3.05) is 10.2 Å². The van der Waals surface area contributed by atoms with E-state index in [0.29, 0.717) is 23.0 Å². The zero-order valence-corrected chi connectivity index (χ0v) is 18.2. The predicted molar refractivity (Wildman–Crippen MR) is 116 cm³/mol. The number of alkyl halides is 4. The van der Waals surface area contributed by atoms with Crippen molar-refractivity contribution in [3.8, 4) is 11.3 Å². The Morgan fingerprint density at radius 3 is 2.61 bits per heavy atom. The third-order valence-corrected chi connectivity index (χ3v) is 5.63. The average Bonchev–Trinajstić information content (AvgIpc) is 3.22. The van der Waals surface area contributed by atoms with Gasteiger partial charge in [-0.05, 0) is 24.6 Å². The molecular formula is C20H15BrF3N3O3S. The molecule has 31 heavy (non-hydrogen) atoms. The van der Waals surface area contributed by atoms with Crippen molar-refractivity contribution >= 4 is 49.7 Å². The lowest BCUT2D eigenvalue weighted by Gasteiger charge is -2.21. The quantitative estimate of drug-likeness (QED) is 0.203. The minimum atomic E-state index is -4.56. The van der Waals surface area contributed by atoms with Crippen molar-refractivity contribution in [3.05, 3.63) is 69.6 Å². The summed E-state index contributed by atoms with van der Waals surface area (Å²) in [6.45, 7) is 0. The van der Waals surface area contributed by atoms with Crippen LogP contribution in [0.5, 0.6) is 0 Å². The molecule has 0 saturated carbocycles. The Hall–Kier alpha value is -2.79. The van der Waals surface area contributed by atoms with E-state index in [1.165, 1.54) is 30.3 Å². The normalized spacial score (nSPS) is 11.4. The highest BCUT2D eigenvalue weighted by atomic mass is 79.9. The van der Waals surface area contributed by atoms with E-state index in [4.69, 9.17) is 0 Å². The number of nitro benzene ring substituents is 1. The lowest BCUT2D eigenvalue weighted by Crippen LogP contribution is -2.26. The molecule has 0 bridgehead atoms. The number of hydrogen-bond acceptors (Lipinski definition) is 5.